The number of aromatic nitrogens is 3. The Hall–Kier alpha value is -1.95. The summed E-state index contributed by atoms with van der Waals surface area (Å²) in [4.78, 5) is 10.4. The summed E-state index contributed by atoms with van der Waals surface area (Å²) in [5, 5.41) is 16.4. The van der Waals surface area contributed by atoms with Crippen LogP contribution < -0.4 is 0 Å². The molecule has 19 heavy (non-hydrogen) atoms. The van der Waals surface area contributed by atoms with E-state index in [9.17, 15) is 9.18 Å². The molecule has 0 fully saturated rings. The van der Waals surface area contributed by atoms with Gasteiger partial charge in [-0.05, 0) is 17.7 Å². The molecule has 1 aromatic carbocycles. The second-order valence-electron chi connectivity index (χ2n) is 4.05. The number of carboxylic acid groups (broad SMARTS) is 1. The maximum atomic E-state index is 13.3. The summed E-state index contributed by atoms with van der Waals surface area (Å²) in [6, 6.07) is 4.51. The van der Waals surface area contributed by atoms with Crippen LogP contribution in [0.4, 0.5) is 4.39 Å². The van der Waals surface area contributed by atoms with Crippen LogP contribution in [0.25, 0.3) is 0 Å². The number of rotatable bonds is 5. The number of nitrogens with zero attached hydrogens (tertiary/aromatic N) is 3. The molecule has 1 aromatic heterocycles. The van der Waals surface area contributed by atoms with Gasteiger partial charge in [0.05, 0.1) is 23.7 Å². The number of hydrogen-bond acceptors (Lipinski definition) is 3. The van der Waals surface area contributed by atoms with Crippen molar-refractivity contribution in [2.24, 2.45) is 0 Å². The Kier molecular flexibility index (Phi) is 4.11. The van der Waals surface area contributed by atoms with E-state index in [0.29, 0.717) is 24.2 Å². The zero-order valence-electron chi connectivity index (χ0n) is 9.88. The summed E-state index contributed by atoms with van der Waals surface area (Å²) in [6.45, 7) is 0.355. The molecular formula is C12H11ClFN3O2. The van der Waals surface area contributed by atoms with E-state index in [2.05, 4.69) is 10.3 Å². The number of hydrogen-bond donors (Lipinski definition) is 1. The normalized spacial score (nSPS) is 10.6. The third-order valence-corrected chi connectivity index (χ3v) is 2.82. The lowest BCUT2D eigenvalue weighted by molar-refractivity contribution is -0.136. The van der Waals surface area contributed by atoms with Crippen LogP contribution in [0.1, 0.15) is 17.7 Å². The molecule has 100 valence electrons. The van der Waals surface area contributed by atoms with Gasteiger partial charge in [-0.15, -0.1) is 5.10 Å². The van der Waals surface area contributed by atoms with E-state index >= 15 is 0 Å². The third kappa shape index (κ3) is 3.75. The topological polar surface area (TPSA) is 68.0 Å². The van der Waals surface area contributed by atoms with Crippen LogP contribution in [0.5, 0.6) is 0 Å². The van der Waals surface area contributed by atoms with E-state index in [4.69, 9.17) is 16.7 Å². The maximum absolute atomic E-state index is 13.3. The molecule has 0 aliphatic carbocycles. The number of carboxylic acids is 1. The number of aryl methyl sites for hydroxylation is 1. The van der Waals surface area contributed by atoms with E-state index in [1.165, 1.54) is 16.8 Å². The van der Waals surface area contributed by atoms with Crippen LogP contribution in [-0.2, 0) is 17.8 Å². The van der Waals surface area contributed by atoms with Gasteiger partial charge in [0.2, 0.25) is 0 Å². The van der Waals surface area contributed by atoms with Gasteiger partial charge in [0.1, 0.15) is 5.82 Å². The first kappa shape index (κ1) is 13.5. The molecule has 0 atom stereocenters. The Bertz CT molecular complexity index is 600. The lowest BCUT2D eigenvalue weighted by atomic mass is 10.2. The van der Waals surface area contributed by atoms with Crippen molar-refractivity contribution in [3.05, 3.63) is 46.5 Å². The van der Waals surface area contributed by atoms with E-state index in [0.717, 1.165) is 0 Å². The molecule has 5 nitrogen and oxygen atoms in total. The Morgan fingerprint density at radius 2 is 2.26 bits per heavy atom. The highest BCUT2D eigenvalue weighted by atomic mass is 35.5. The molecule has 0 aliphatic rings. The van der Waals surface area contributed by atoms with E-state index in [1.54, 1.807) is 12.3 Å². The highest BCUT2D eigenvalue weighted by Crippen LogP contribution is 2.16. The zero-order valence-corrected chi connectivity index (χ0v) is 10.6. The summed E-state index contributed by atoms with van der Waals surface area (Å²) in [5.74, 6) is -1.36. The smallest absolute Gasteiger partial charge is 0.303 e. The van der Waals surface area contributed by atoms with Gasteiger partial charge in [-0.1, -0.05) is 22.9 Å². The van der Waals surface area contributed by atoms with Crippen LogP contribution in [0.2, 0.25) is 5.02 Å². The molecule has 0 bridgehead atoms. The monoisotopic (exact) mass is 283 g/mol. The Morgan fingerprint density at radius 3 is 2.95 bits per heavy atom. The van der Waals surface area contributed by atoms with E-state index in [-0.39, 0.29) is 11.4 Å². The summed E-state index contributed by atoms with van der Waals surface area (Å²) >= 11 is 5.59. The molecule has 2 aromatic rings. The average molecular weight is 284 g/mol. The van der Waals surface area contributed by atoms with Crippen molar-refractivity contribution in [1.82, 2.24) is 15.0 Å². The predicted molar refractivity (Wildman–Crippen MR) is 66.5 cm³/mol. The van der Waals surface area contributed by atoms with Crippen molar-refractivity contribution in [1.29, 1.82) is 0 Å². The molecule has 0 unspecified atom stereocenters. The fourth-order valence-electron chi connectivity index (χ4n) is 1.59. The fraction of sp³-hybridized carbons (Fsp3) is 0.250. The number of carbonyl (C=O) groups is 1. The van der Waals surface area contributed by atoms with E-state index in [1.807, 2.05) is 0 Å². The molecule has 0 spiro atoms. The second kappa shape index (κ2) is 5.79. The van der Waals surface area contributed by atoms with Crippen molar-refractivity contribution < 1.29 is 14.3 Å². The van der Waals surface area contributed by atoms with Gasteiger partial charge >= 0.3 is 5.97 Å². The average Bonchev–Trinajstić information content (AvgIpc) is 2.79. The maximum Gasteiger partial charge on any atom is 0.303 e. The SMILES string of the molecule is O=C(O)CCc1cn(Cc2ccc(Cl)c(F)c2)nn1. The van der Waals surface area contributed by atoms with Crippen LogP contribution in [-0.4, -0.2) is 26.1 Å². The van der Waals surface area contributed by atoms with E-state index < -0.39 is 11.8 Å². The highest BCUT2D eigenvalue weighted by molar-refractivity contribution is 6.30. The first-order valence-electron chi connectivity index (χ1n) is 5.59. The Morgan fingerprint density at radius 1 is 1.47 bits per heavy atom. The van der Waals surface area contributed by atoms with Crippen LogP contribution >= 0.6 is 11.6 Å². The lowest BCUT2D eigenvalue weighted by Crippen LogP contribution is -2.01. The van der Waals surface area contributed by atoms with Crippen molar-refractivity contribution in [2.75, 3.05) is 0 Å². The molecule has 1 heterocycles. The molecular weight excluding hydrogens is 273 g/mol. The van der Waals surface area contributed by atoms with Crippen molar-refractivity contribution in [3.63, 3.8) is 0 Å². The number of benzene rings is 1. The van der Waals surface area contributed by atoms with Crippen LogP contribution in [0, 0.1) is 5.82 Å². The van der Waals surface area contributed by atoms with Gasteiger partial charge in [0.25, 0.3) is 0 Å². The first-order chi connectivity index (χ1) is 9.04. The highest BCUT2D eigenvalue weighted by Gasteiger charge is 2.06. The summed E-state index contributed by atoms with van der Waals surface area (Å²) in [5.41, 5.74) is 1.30. The minimum Gasteiger partial charge on any atom is -0.481 e. The Balaban J connectivity index is 2.02. The minimum absolute atomic E-state index is 0.00820. The molecule has 0 amide bonds. The van der Waals surface area contributed by atoms with Gasteiger partial charge in [-0.25, -0.2) is 9.07 Å². The summed E-state index contributed by atoms with van der Waals surface area (Å²) < 4.78 is 14.8. The Labute approximate surface area is 113 Å². The van der Waals surface area contributed by atoms with Crippen LogP contribution in [0.3, 0.4) is 0 Å². The number of aliphatic carboxylic acids is 1. The van der Waals surface area contributed by atoms with Crippen LogP contribution in [0.15, 0.2) is 24.4 Å². The van der Waals surface area contributed by atoms with Gasteiger partial charge < -0.3 is 5.11 Å². The second-order valence-corrected chi connectivity index (χ2v) is 4.46. The molecule has 1 N–H and O–H groups in total. The molecule has 2 rings (SSSR count). The number of halogens is 2. The van der Waals surface area contributed by atoms with Crippen molar-refractivity contribution in [2.45, 2.75) is 19.4 Å². The van der Waals surface area contributed by atoms with Gasteiger partial charge in [-0.2, -0.15) is 0 Å². The zero-order chi connectivity index (χ0) is 13.8. The molecule has 0 saturated carbocycles. The third-order valence-electron chi connectivity index (χ3n) is 2.51. The predicted octanol–water partition coefficient (Wildman–Crippen LogP) is 2.14. The largest absolute Gasteiger partial charge is 0.481 e. The van der Waals surface area contributed by atoms with Gasteiger partial charge in [0, 0.05) is 12.6 Å². The summed E-state index contributed by atoms with van der Waals surface area (Å²) in [6.07, 6.45) is 1.98. The van der Waals surface area contributed by atoms with Gasteiger partial charge in [0.15, 0.2) is 0 Å². The van der Waals surface area contributed by atoms with Gasteiger partial charge in [-0.3, -0.25) is 4.79 Å². The quantitative estimate of drug-likeness (QED) is 0.913. The minimum atomic E-state index is -0.880. The standard InChI is InChI=1S/C12H11ClFN3O2/c13-10-3-1-8(5-11(10)14)6-17-7-9(15-16-17)2-4-12(18)19/h1,3,5,7H,2,4,6H2,(H,18,19). The summed E-state index contributed by atoms with van der Waals surface area (Å²) in [7, 11) is 0. The molecule has 7 heteroatoms. The lowest BCUT2D eigenvalue weighted by Gasteiger charge is -2.01. The van der Waals surface area contributed by atoms with Crippen molar-refractivity contribution in [3.8, 4) is 0 Å². The molecule has 0 aliphatic heterocycles. The molecule has 0 radical (unpaired) electrons. The van der Waals surface area contributed by atoms with Crippen molar-refractivity contribution >= 4 is 17.6 Å². The fourth-order valence-corrected chi connectivity index (χ4v) is 1.71. The molecule has 0 saturated heterocycles. The first-order valence-corrected chi connectivity index (χ1v) is 5.97.